The number of hydrogen-bond acceptors (Lipinski definition) is 7. The Hall–Kier alpha value is -2.44. The van der Waals surface area contributed by atoms with E-state index in [-0.39, 0.29) is 0 Å². The molecule has 0 fully saturated rings. The highest BCUT2D eigenvalue weighted by atomic mass is 16.5. The van der Waals surface area contributed by atoms with Crippen LogP contribution in [-0.2, 0) is 6.54 Å². The first kappa shape index (κ1) is 12.0. The molecule has 0 saturated carbocycles. The average Bonchev–Trinajstić information content (AvgIpc) is 2.41. The number of aromatic nitrogens is 4. The molecule has 0 saturated heterocycles. The number of anilines is 2. The molecule has 0 radical (unpaired) electrons. The lowest BCUT2D eigenvalue weighted by Crippen LogP contribution is -2.08. The molecule has 2 heterocycles. The van der Waals surface area contributed by atoms with Crippen molar-refractivity contribution in [1.29, 1.82) is 0 Å². The van der Waals surface area contributed by atoms with Crippen molar-refractivity contribution < 1.29 is 4.74 Å². The number of nitrogens with two attached hydrogens (primary N) is 1. The molecule has 7 heteroatoms. The van der Waals surface area contributed by atoms with Crippen molar-refractivity contribution in [3.63, 3.8) is 0 Å². The van der Waals surface area contributed by atoms with Gasteiger partial charge in [-0.2, -0.15) is 15.2 Å². The third-order valence-electron chi connectivity index (χ3n) is 2.19. The van der Waals surface area contributed by atoms with E-state index in [2.05, 4.69) is 25.5 Å². The summed E-state index contributed by atoms with van der Waals surface area (Å²) in [6.07, 6.45) is 3.02. The fourth-order valence-corrected chi connectivity index (χ4v) is 1.37. The van der Waals surface area contributed by atoms with E-state index in [1.165, 1.54) is 6.33 Å². The average molecular weight is 246 g/mol. The summed E-state index contributed by atoms with van der Waals surface area (Å²) in [5.41, 5.74) is 7.08. The maximum atomic E-state index is 5.89. The molecule has 0 atom stereocenters. The van der Waals surface area contributed by atoms with Gasteiger partial charge in [0, 0.05) is 6.20 Å². The van der Waals surface area contributed by atoms with Crippen LogP contribution < -0.4 is 15.8 Å². The third kappa shape index (κ3) is 2.82. The Morgan fingerprint density at radius 3 is 3.00 bits per heavy atom. The number of nitrogens with zero attached hydrogens (tertiary/aromatic N) is 4. The minimum atomic E-state index is 0.383. The van der Waals surface area contributed by atoms with E-state index in [1.807, 2.05) is 19.1 Å². The second-order valence-corrected chi connectivity index (χ2v) is 3.44. The van der Waals surface area contributed by atoms with E-state index in [1.54, 1.807) is 6.20 Å². The van der Waals surface area contributed by atoms with E-state index >= 15 is 0 Å². The van der Waals surface area contributed by atoms with Gasteiger partial charge in [0.1, 0.15) is 12.0 Å². The fourth-order valence-electron chi connectivity index (χ4n) is 1.37. The van der Waals surface area contributed by atoms with Crippen molar-refractivity contribution in [2.45, 2.75) is 13.5 Å². The Bertz CT molecular complexity index is 504. The van der Waals surface area contributed by atoms with Crippen LogP contribution >= 0.6 is 0 Å². The van der Waals surface area contributed by atoms with Crippen molar-refractivity contribution >= 4 is 11.5 Å². The van der Waals surface area contributed by atoms with Gasteiger partial charge in [-0.25, -0.2) is 4.98 Å². The summed E-state index contributed by atoms with van der Waals surface area (Å²) in [5.74, 6) is 0.910. The monoisotopic (exact) mass is 246 g/mol. The van der Waals surface area contributed by atoms with Crippen LogP contribution in [0.15, 0.2) is 24.7 Å². The molecule has 0 aliphatic heterocycles. The molecule has 2 rings (SSSR count). The normalized spacial score (nSPS) is 10.1. The topological polar surface area (TPSA) is 98.8 Å². The van der Waals surface area contributed by atoms with Crippen molar-refractivity contribution in [2.75, 3.05) is 17.7 Å². The van der Waals surface area contributed by atoms with Gasteiger partial charge in [0.25, 0.3) is 0 Å². The molecular weight excluding hydrogens is 232 g/mol. The maximum Gasteiger partial charge on any atom is 0.242 e. The van der Waals surface area contributed by atoms with E-state index < -0.39 is 0 Å². The lowest BCUT2D eigenvalue weighted by molar-refractivity contribution is 0.328. The van der Waals surface area contributed by atoms with Crippen LogP contribution in [0.25, 0.3) is 0 Å². The SMILES string of the molecule is CCOc1ncnc(NCc2cccnn2)c1N. The van der Waals surface area contributed by atoms with Crippen LogP contribution in [0.3, 0.4) is 0 Å². The molecule has 94 valence electrons. The zero-order chi connectivity index (χ0) is 12.8. The number of rotatable bonds is 5. The summed E-state index contributed by atoms with van der Waals surface area (Å²) in [6, 6.07) is 3.68. The first-order valence-electron chi connectivity index (χ1n) is 5.55. The molecule has 7 nitrogen and oxygen atoms in total. The highest BCUT2D eigenvalue weighted by molar-refractivity contribution is 5.66. The highest BCUT2D eigenvalue weighted by Crippen LogP contribution is 2.24. The van der Waals surface area contributed by atoms with Crippen LogP contribution in [0.2, 0.25) is 0 Å². The third-order valence-corrected chi connectivity index (χ3v) is 2.19. The van der Waals surface area contributed by atoms with E-state index in [9.17, 15) is 0 Å². The summed E-state index contributed by atoms with van der Waals surface area (Å²) in [4.78, 5) is 8.02. The van der Waals surface area contributed by atoms with Gasteiger partial charge in [0.2, 0.25) is 5.88 Å². The van der Waals surface area contributed by atoms with Crippen LogP contribution in [0, 0.1) is 0 Å². The molecule has 0 aliphatic rings. The van der Waals surface area contributed by atoms with E-state index in [4.69, 9.17) is 10.5 Å². The Kier molecular flexibility index (Phi) is 3.85. The number of nitrogen functional groups attached to an aromatic ring is 1. The number of ether oxygens (including phenoxy) is 1. The summed E-state index contributed by atoms with van der Waals surface area (Å²) in [5, 5.41) is 10.8. The molecule has 0 unspecified atom stereocenters. The zero-order valence-corrected chi connectivity index (χ0v) is 10.00. The molecular formula is C11H14N6O. The lowest BCUT2D eigenvalue weighted by atomic mass is 10.4. The van der Waals surface area contributed by atoms with Gasteiger partial charge in [-0.1, -0.05) is 0 Å². The first-order valence-corrected chi connectivity index (χ1v) is 5.55. The number of nitrogens with one attached hydrogen (secondary N) is 1. The van der Waals surface area contributed by atoms with E-state index in [0.717, 1.165) is 5.69 Å². The predicted molar refractivity (Wildman–Crippen MR) is 67.0 cm³/mol. The quantitative estimate of drug-likeness (QED) is 0.807. The minimum Gasteiger partial charge on any atom is -0.476 e. The van der Waals surface area contributed by atoms with E-state index in [0.29, 0.717) is 30.5 Å². The zero-order valence-electron chi connectivity index (χ0n) is 10.00. The smallest absolute Gasteiger partial charge is 0.242 e. The standard InChI is InChI=1S/C11H14N6O/c1-2-18-11-9(12)10(14-7-15-11)13-6-8-4-3-5-16-17-8/h3-5,7H,2,6,12H2,1H3,(H,13,14,15). The predicted octanol–water partition coefficient (Wildman–Crippen LogP) is 0.860. The Balaban J connectivity index is 2.08. The Morgan fingerprint density at radius 1 is 1.39 bits per heavy atom. The second kappa shape index (κ2) is 5.76. The van der Waals surface area contributed by atoms with Gasteiger partial charge in [0.15, 0.2) is 5.82 Å². The van der Waals surface area contributed by atoms with Crippen molar-refractivity contribution in [3.05, 3.63) is 30.4 Å². The molecule has 0 spiro atoms. The molecule has 3 N–H and O–H groups in total. The molecule has 0 aliphatic carbocycles. The van der Waals surface area contributed by atoms with Gasteiger partial charge >= 0.3 is 0 Å². The largest absolute Gasteiger partial charge is 0.476 e. The molecule has 0 bridgehead atoms. The molecule has 2 aromatic heterocycles. The molecule has 0 amide bonds. The number of hydrogen-bond donors (Lipinski definition) is 2. The van der Waals surface area contributed by atoms with Crippen molar-refractivity contribution in [3.8, 4) is 5.88 Å². The Labute approximate surface area is 104 Å². The van der Waals surface area contributed by atoms with Crippen LogP contribution in [0.5, 0.6) is 5.88 Å². The molecule has 0 aromatic carbocycles. The lowest BCUT2D eigenvalue weighted by Gasteiger charge is -2.10. The van der Waals surface area contributed by atoms with Gasteiger partial charge in [-0.05, 0) is 19.1 Å². The van der Waals surface area contributed by atoms with Gasteiger partial charge in [-0.15, -0.1) is 0 Å². The summed E-state index contributed by atoms with van der Waals surface area (Å²) in [7, 11) is 0. The van der Waals surface area contributed by atoms with Crippen LogP contribution in [0.1, 0.15) is 12.6 Å². The summed E-state index contributed by atoms with van der Waals surface area (Å²) < 4.78 is 5.29. The van der Waals surface area contributed by atoms with Gasteiger partial charge in [-0.3, -0.25) is 0 Å². The van der Waals surface area contributed by atoms with Crippen molar-refractivity contribution in [2.24, 2.45) is 0 Å². The molecule has 18 heavy (non-hydrogen) atoms. The minimum absolute atomic E-state index is 0.383. The fraction of sp³-hybridized carbons (Fsp3) is 0.273. The summed E-state index contributed by atoms with van der Waals surface area (Å²) in [6.45, 7) is 2.86. The van der Waals surface area contributed by atoms with Crippen LogP contribution in [-0.4, -0.2) is 26.8 Å². The Morgan fingerprint density at radius 2 is 2.28 bits per heavy atom. The highest BCUT2D eigenvalue weighted by Gasteiger charge is 2.08. The first-order chi connectivity index (χ1) is 8.81. The van der Waals surface area contributed by atoms with Crippen molar-refractivity contribution in [1.82, 2.24) is 20.2 Å². The second-order valence-electron chi connectivity index (χ2n) is 3.44. The summed E-state index contributed by atoms with van der Waals surface area (Å²) >= 11 is 0. The van der Waals surface area contributed by atoms with Gasteiger partial charge in [0.05, 0.1) is 18.8 Å². The maximum absolute atomic E-state index is 5.89. The molecule has 2 aromatic rings. The van der Waals surface area contributed by atoms with Gasteiger partial charge < -0.3 is 15.8 Å². The van der Waals surface area contributed by atoms with Crippen LogP contribution in [0.4, 0.5) is 11.5 Å².